The SMILES string of the molecule is COC(=O)[C@H]1CC[C@@]2(C[C@@H](c3cc(-c4c(C(F)(F)F)ncn4C)ccc3OC)CO2)[C@@H]1c1ccc(F)cc1. The van der Waals surface area contributed by atoms with Crippen molar-refractivity contribution in [2.75, 3.05) is 20.8 Å². The highest BCUT2D eigenvalue weighted by atomic mass is 19.4. The van der Waals surface area contributed by atoms with Crippen LogP contribution >= 0.6 is 0 Å². The van der Waals surface area contributed by atoms with E-state index in [0.717, 1.165) is 17.5 Å². The zero-order chi connectivity index (χ0) is 27.2. The number of ether oxygens (including phenoxy) is 3. The van der Waals surface area contributed by atoms with E-state index in [-0.39, 0.29) is 29.3 Å². The highest BCUT2D eigenvalue weighted by Gasteiger charge is 2.56. The van der Waals surface area contributed by atoms with Crippen molar-refractivity contribution in [1.82, 2.24) is 9.55 Å². The Bertz CT molecular complexity index is 1340. The first kappa shape index (κ1) is 26.2. The molecular formula is C28H28F4N2O4. The number of imidazole rings is 1. The molecular weight excluding hydrogens is 504 g/mol. The first-order valence-corrected chi connectivity index (χ1v) is 12.3. The lowest BCUT2D eigenvalue weighted by molar-refractivity contribution is -0.147. The first-order chi connectivity index (χ1) is 18.1. The molecule has 0 N–H and O–H groups in total. The summed E-state index contributed by atoms with van der Waals surface area (Å²) in [5, 5.41) is 0. The summed E-state index contributed by atoms with van der Waals surface area (Å²) < 4.78 is 73.2. The van der Waals surface area contributed by atoms with E-state index in [4.69, 9.17) is 14.2 Å². The van der Waals surface area contributed by atoms with Crippen molar-refractivity contribution in [3.63, 3.8) is 0 Å². The summed E-state index contributed by atoms with van der Waals surface area (Å²) in [6.07, 6.45) is -1.81. The third kappa shape index (κ3) is 4.44. The Morgan fingerprint density at radius 1 is 1.16 bits per heavy atom. The van der Waals surface area contributed by atoms with Crippen LogP contribution in [0.4, 0.5) is 17.6 Å². The van der Waals surface area contributed by atoms with Crippen LogP contribution in [0.5, 0.6) is 5.75 Å². The van der Waals surface area contributed by atoms with Crippen LogP contribution < -0.4 is 4.74 Å². The minimum Gasteiger partial charge on any atom is -0.496 e. The average Bonchev–Trinajstić information content (AvgIpc) is 3.61. The Balaban J connectivity index is 1.53. The highest BCUT2D eigenvalue weighted by Crippen LogP contribution is 2.57. The van der Waals surface area contributed by atoms with E-state index in [1.54, 1.807) is 30.3 Å². The van der Waals surface area contributed by atoms with Gasteiger partial charge in [0.05, 0.1) is 44.4 Å². The zero-order valence-electron chi connectivity index (χ0n) is 21.2. The van der Waals surface area contributed by atoms with Gasteiger partial charge >= 0.3 is 12.1 Å². The molecule has 1 aliphatic heterocycles. The van der Waals surface area contributed by atoms with Crippen molar-refractivity contribution in [3.8, 4) is 17.0 Å². The van der Waals surface area contributed by atoms with Crippen LogP contribution in [0.1, 0.15) is 47.9 Å². The van der Waals surface area contributed by atoms with E-state index < -0.39 is 23.4 Å². The van der Waals surface area contributed by atoms with E-state index in [0.29, 0.717) is 37.2 Å². The molecule has 0 radical (unpaired) electrons. The number of aryl methyl sites for hydroxylation is 1. The lowest BCUT2D eigenvalue weighted by atomic mass is 9.76. The Hall–Kier alpha value is -3.40. The Kier molecular flexibility index (Phi) is 6.71. The fraction of sp³-hybridized carbons (Fsp3) is 0.429. The molecule has 2 aliphatic rings. The molecule has 0 amide bonds. The van der Waals surface area contributed by atoms with E-state index in [1.807, 2.05) is 0 Å². The van der Waals surface area contributed by atoms with Gasteiger partial charge in [0.2, 0.25) is 0 Å². The molecule has 5 rings (SSSR count). The maximum absolute atomic E-state index is 13.7. The smallest absolute Gasteiger partial charge is 0.435 e. The summed E-state index contributed by atoms with van der Waals surface area (Å²) in [6.45, 7) is 0.295. The van der Waals surface area contributed by atoms with Crippen molar-refractivity contribution in [2.45, 2.75) is 42.9 Å². The average molecular weight is 533 g/mol. The van der Waals surface area contributed by atoms with Crippen LogP contribution in [0.2, 0.25) is 0 Å². The molecule has 1 spiro atoms. The van der Waals surface area contributed by atoms with Gasteiger partial charge in [0, 0.05) is 30.0 Å². The summed E-state index contributed by atoms with van der Waals surface area (Å²) >= 11 is 0. The molecule has 2 heterocycles. The van der Waals surface area contributed by atoms with Gasteiger partial charge in [-0.25, -0.2) is 9.37 Å². The third-order valence-electron chi connectivity index (χ3n) is 7.89. The van der Waals surface area contributed by atoms with Gasteiger partial charge in [0.15, 0.2) is 5.69 Å². The number of aromatic nitrogens is 2. The van der Waals surface area contributed by atoms with Crippen LogP contribution in [0.3, 0.4) is 0 Å². The number of halogens is 4. The molecule has 0 unspecified atom stereocenters. The van der Waals surface area contributed by atoms with E-state index in [1.165, 1.54) is 38.0 Å². The topological polar surface area (TPSA) is 62.6 Å². The number of hydrogen-bond donors (Lipinski definition) is 0. The van der Waals surface area contributed by atoms with Gasteiger partial charge in [-0.05, 0) is 55.2 Å². The third-order valence-corrected chi connectivity index (χ3v) is 7.89. The molecule has 2 fully saturated rings. The Labute approximate surface area is 217 Å². The standard InChI is InChI=1S/C28H28F4N2O4/c1-34-15-33-25(28(30,31)32)24(34)17-6-9-22(36-2)21(12-17)18-13-27(38-14-18)11-10-20(26(35)37-3)23(27)16-4-7-19(29)8-5-16/h4-9,12,15,18,20,23H,10-11,13-14H2,1-3H3/t18-,20+,23-,27-/m1/s1. The van der Waals surface area contributed by atoms with Gasteiger partial charge in [0.25, 0.3) is 0 Å². The number of esters is 1. The van der Waals surface area contributed by atoms with Crippen LogP contribution in [0, 0.1) is 11.7 Å². The van der Waals surface area contributed by atoms with Crippen LogP contribution in [0.25, 0.3) is 11.3 Å². The largest absolute Gasteiger partial charge is 0.496 e. The minimum absolute atomic E-state index is 0.0363. The number of methoxy groups -OCH3 is 2. The summed E-state index contributed by atoms with van der Waals surface area (Å²) in [5.74, 6) is -1.21. The van der Waals surface area contributed by atoms with Crippen LogP contribution in [-0.2, 0) is 27.5 Å². The number of carbonyl (C=O) groups excluding carboxylic acids is 1. The number of benzene rings is 2. The van der Waals surface area contributed by atoms with Gasteiger partial charge in [-0.2, -0.15) is 13.2 Å². The molecule has 1 saturated heterocycles. The van der Waals surface area contributed by atoms with Gasteiger partial charge in [-0.15, -0.1) is 0 Å². The lowest BCUT2D eigenvalue weighted by Crippen LogP contribution is -2.35. The van der Waals surface area contributed by atoms with E-state index in [9.17, 15) is 22.4 Å². The molecule has 10 heteroatoms. The van der Waals surface area contributed by atoms with E-state index in [2.05, 4.69) is 4.98 Å². The monoisotopic (exact) mass is 532 g/mol. The molecule has 3 aromatic rings. The number of alkyl halides is 3. The van der Waals surface area contributed by atoms with Gasteiger partial charge in [-0.1, -0.05) is 12.1 Å². The minimum atomic E-state index is -4.60. The Morgan fingerprint density at radius 3 is 2.55 bits per heavy atom. The summed E-state index contributed by atoms with van der Waals surface area (Å²) in [6, 6.07) is 11.0. The Morgan fingerprint density at radius 2 is 1.89 bits per heavy atom. The molecule has 1 saturated carbocycles. The van der Waals surface area contributed by atoms with Gasteiger partial charge in [-0.3, -0.25) is 4.79 Å². The maximum atomic E-state index is 13.7. The van der Waals surface area contributed by atoms with E-state index >= 15 is 0 Å². The van der Waals surface area contributed by atoms with Crippen LogP contribution in [0.15, 0.2) is 48.8 Å². The van der Waals surface area contributed by atoms with Gasteiger partial charge < -0.3 is 18.8 Å². The van der Waals surface area contributed by atoms with Crippen molar-refractivity contribution < 1.29 is 36.6 Å². The normalized spacial score (nSPS) is 25.2. The van der Waals surface area contributed by atoms with Crippen LogP contribution in [-0.4, -0.2) is 41.9 Å². The maximum Gasteiger partial charge on any atom is 0.435 e. The molecule has 38 heavy (non-hydrogen) atoms. The predicted octanol–water partition coefficient (Wildman–Crippen LogP) is 5.86. The van der Waals surface area contributed by atoms with Crippen molar-refractivity contribution in [1.29, 1.82) is 0 Å². The lowest BCUT2D eigenvalue weighted by Gasteiger charge is -2.33. The second-order valence-corrected chi connectivity index (χ2v) is 9.98. The molecule has 2 aromatic carbocycles. The molecule has 202 valence electrons. The second kappa shape index (κ2) is 9.72. The molecule has 0 bridgehead atoms. The predicted molar refractivity (Wildman–Crippen MR) is 130 cm³/mol. The van der Waals surface area contributed by atoms with Crippen molar-refractivity contribution in [2.24, 2.45) is 13.0 Å². The number of rotatable bonds is 5. The molecule has 4 atom stereocenters. The molecule has 1 aliphatic carbocycles. The quantitative estimate of drug-likeness (QED) is 0.304. The second-order valence-electron chi connectivity index (χ2n) is 9.98. The number of carbonyl (C=O) groups is 1. The fourth-order valence-electron chi connectivity index (χ4n) is 6.27. The summed E-state index contributed by atoms with van der Waals surface area (Å²) in [5.41, 5.74) is 0.157. The molecule has 6 nitrogen and oxygen atoms in total. The summed E-state index contributed by atoms with van der Waals surface area (Å²) in [7, 11) is 4.38. The van der Waals surface area contributed by atoms with Crippen molar-refractivity contribution in [3.05, 3.63) is 71.4 Å². The highest BCUT2D eigenvalue weighted by molar-refractivity contribution is 5.74. The van der Waals surface area contributed by atoms with Crippen molar-refractivity contribution >= 4 is 5.97 Å². The number of nitrogens with zero attached hydrogens (tertiary/aromatic N) is 2. The summed E-state index contributed by atoms with van der Waals surface area (Å²) in [4.78, 5) is 16.3. The van der Waals surface area contributed by atoms with Gasteiger partial charge in [0.1, 0.15) is 11.6 Å². The first-order valence-electron chi connectivity index (χ1n) is 12.3. The fourth-order valence-corrected chi connectivity index (χ4v) is 6.27. The number of hydrogen-bond acceptors (Lipinski definition) is 5. The molecule has 1 aromatic heterocycles. The zero-order valence-corrected chi connectivity index (χ0v) is 21.2.